The Kier molecular flexibility index (Phi) is 7.80. The molecule has 0 atom stereocenters. The highest BCUT2D eigenvalue weighted by Crippen LogP contribution is 2.41. The van der Waals surface area contributed by atoms with Gasteiger partial charge in [0.1, 0.15) is 0 Å². The smallest absolute Gasteiger partial charge is 0.254 e. The van der Waals surface area contributed by atoms with Crippen molar-refractivity contribution < 1.29 is 28.8 Å². The van der Waals surface area contributed by atoms with Crippen molar-refractivity contribution in [3.63, 3.8) is 0 Å². The van der Waals surface area contributed by atoms with Gasteiger partial charge in [0.2, 0.25) is 0 Å². The third-order valence-electron chi connectivity index (χ3n) is 3.89. The van der Waals surface area contributed by atoms with Gasteiger partial charge in [0.05, 0.1) is 27.8 Å². The molecule has 0 aromatic heterocycles. The molecule has 2 rings (SSSR count). The molecule has 6 nitrogen and oxygen atoms in total. The van der Waals surface area contributed by atoms with E-state index in [-0.39, 0.29) is 11.1 Å². The Hall–Kier alpha value is -1.80. The van der Waals surface area contributed by atoms with Gasteiger partial charge in [0.15, 0.2) is 0 Å². The molecule has 0 saturated heterocycles. The second-order valence-corrected chi connectivity index (χ2v) is 7.50. The van der Waals surface area contributed by atoms with Gasteiger partial charge in [-0.25, -0.2) is 0 Å². The zero-order valence-corrected chi connectivity index (χ0v) is 18.6. The lowest BCUT2D eigenvalue weighted by Crippen LogP contribution is -2.20. The van der Waals surface area contributed by atoms with Crippen molar-refractivity contribution in [2.75, 3.05) is 0 Å². The van der Waals surface area contributed by atoms with Crippen LogP contribution in [-0.2, 0) is 0 Å². The van der Waals surface area contributed by atoms with Gasteiger partial charge >= 0.3 is 0 Å². The van der Waals surface area contributed by atoms with E-state index in [1.165, 1.54) is 24.3 Å². The van der Waals surface area contributed by atoms with Crippen LogP contribution in [0.3, 0.4) is 0 Å². The molecular weight excluding hydrogens is 525 g/mol. The number of hydrogen-bond donors (Lipinski definition) is 0. The van der Waals surface area contributed by atoms with E-state index in [1.54, 1.807) is 0 Å². The van der Waals surface area contributed by atoms with Crippen LogP contribution in [0.2, 0.25) is 0 Å². The highest BCUT2D eigenvalue weighted by Gasteiger charge is 2.37. The Morgan fingerprint density at radius 3 is 1.13 bits per heavy atom. The zero-order chi connectivity index (χ0) is 22.9. The Bertz CT molecular complexity index is 1120. The first-order valence-corrected chi connectivity index (χ1v) is 9.70. The Morgan fingerprint density at radius 1 is 0.467 bits per heavy atom. The molecule has 0 spiro atoms. The Morgan fingerprint density at radius 2 is 0.800 bits per heavy atom. The molecule has 0 amide bonds. The normalized spacial score (nSPS) is 10.5. The number of rotatable bonds is 7. The zero-order valence-electron chi connectivity index (χ0n) is 14.0. The Balaban J connectivity index is 3.41. The SMILES string of the molecule is O=C(Cl)c1ccccc1-c1c(C(=O)Cl)c(C(=O)Cl)c(C(=O)Cl)c(C(=O)Cl)c1C(=O)Cl. The highest BCUT2D eigenvalue weighted by molar-refractivity contribution is 6.78. The summed E-state index contributed by atoms with van der Waals surface area (Å²) in [4.78, 5) is 72.7. The monoisotopic (exact) mass is 526 g/mol. The molecule has 154 valence electrons. The van der Waals surface area contributed by atoms with Crippen molar-refractivity contribution in [1.82, 2.24) is 0 Å². The predicted molar refractivity (Wildman–Crippen MR) is 113 cm³/mol. The largest absolute Gasteiger partial charge is 0.276 e. The summed E-state index contributed by atoms with van der Waals surface area (Å²) in [6.07, 6.45) is 0. The summed E-state index contributed by atoms with van der Waals surface area (Å²) < 4.78 is 0. The van der Waals surface area contributed by atoms with Gasteiger partial charge < -0.3 is 0 Å². The van der Waals surface area contributed by atoms with Crippen molar-refractivity contribution in [3.8, 4) is 11.1 Å². The van der Waals surface area contributed by atoms with Crippen molar-refractivity contribution in [2.24, 2.45) is 0 Å². The van der Waals surface area contributed by atoms with Crippen LogP contribution in [0.1, 0.15) is 62.1 Å². The van der Waals surface area contributed by atoms with Gasteiger partial charge in [-0.15, -0.1) is 0 Å². The Labute approximate surface area is 197 Å². The van der Waals surface area contributed by atoms with Gasteiger partial charge in [-0.05, 0) is 81.2 Å². The maximum Gasteiger partial charge on any atom is 0.254 e. The molecule has 0 heterocycles. The lowest BCUT2D eigenvalue weighted by atomic mass is 9.83. The summed E-state index contributed by atoms with van der Waals surface area (Å²) in [6.45, 7) is 0. The molecule has 0 radical (unpaired) electrons. The number of benzene rings is 2. The van der Waals surface area contributed by atoms with E-state index in [1.807, 2.05) is 0 Å². The second-order valence-electron chi connectivity index (χ2n) is 5.44. The van der Waals surface area contributed by atoms with E-state index in [2.05, 4.69) is 0 Å². The third kappa shape index (κ3) is 4.44. The first kappa shape index (κ1) is 24.5. The van der Waals surface area contributed by atoms with Crippen LogP contribution in [0.25, 0.3) is 11.1 Å². The molecule has 2 aromatic carbocycles. The van der Waals surface area contributed by atoms with Crippen LogP contribution in [0.5, 0.6) is 0 Å². The molecule has 0 bridgehead atoms. The molecular formula is C18H4Cl6O6. The maximum absolute atomic E-state index is 12.3. The lowest BCUT2D eigenvalue weighted by Gasteiger charge is -2.20. The average Bonchev–Trinajstić information content (AvgIpc) is 2.64. The van der Waals surface area contributed by atoms with Crippen LogP contribution in [0.4, 0.5) is 0 Å². The van der Waals surface area contributed by atoms with Crippen molar-refractivity contribution >= 4 is 101 Å². The van der Waals surface area contributed by atoms with Crippen LogP contribution in [-0.4, -0.2) is 31.5 Å². The van der Waals surface area contributed by atoms with Gasteiger partial charge in [-0.1, -0.05) is 18.2 Å². The molecule has 0 aliphatic heterocycles. The van der Waals surface area contributed by atoms with Gasteiger partial charge in [0, 0.05) is 11.1 Å². The van der Waals surface area contributed by atoms with Crippen molar-refractivity contribution in [3.05, 3.63) is 57.6 Å². The van der Waals surface area contributed by atoms with Crippen LogP contribution >= 0.6 is 69.6 Å². The molecule has 0 saturated carbocycles. The quantitative estimate of drug-likeness (QED) is 0.432. The van der Waals surface area contributed by atoms with Crippen LogP contribution < -0.4 is 0 Å². The van der Waals surface area contributed by atoms with Crippen LogP contribution in [0.15, 0.2) is 24.3 Å². The van der Waals surface area contributed by atoms with Crippen LogP contribution in [0, 0.1) is 0 Å². The number of carbonyl (C=O) groups is 6. The van der Waals surface area contributed by atoms with E-state index in [4.69, 9.17) is 69.6 Å². The number of halogens is 6. The summed E-state index contributed by atoms with van der Waals surface area (Å²) in [5.41, 5.74) is -5.32. The third-order valence-corrected chi connectivity index (χ3v) is 5.04. The minimum Gasteiger partial charge on any atom is -0.276 e. The fourth-order valence-corrected chi connectivity index (χ4v) is 3.98. The lowest BCUT2D eigenvalue weighted by molar-refractivity contribution is 0.102. The number of hydrogen-bond acceptors (Lipinski definition) is 6. The fourth-order valence-electron chi connectivity index (χ4n) is 2.87. The second kappa shape index (κ2) is 9.56. The molecule has 2 aromatic rings. The van der Waals surface area contributed by atoms with Gasteiger partial charge in [-0.2, -0.15) is 0 Å². The van der Waals surface area contributed by atoms with Crippen molar-refractivity contribution in [2.45, 2.75) is 0 Å². The van der Waals surface area contributed by atoms with Gasteiger partial charge in [-0.3, -0.25) is 28.8 Å². The molecule has 12 heteroatoms. The predicted octanol–water partition coefficient (Wildman–Crippen LogP) is 5.63. The molecule has 30 heavy (non-hydrogen) atoms. The van der Waals surface area contributed by atoms with Gasteiger partial charge in [0.25, 0.3) is 31.5 Å². The standard InChI is InChI=1S/C18H4Cl6O6/c19-13(25)6-4-2-1-3-5(6)7-8(14(20)26)10(16(22)28)12(18(24)30)11(17(23)29)9(7)15(21)27/h1-4H. The fraction of sp³-hybridized carbons (Fsp3) is 0. The van der Waals surface area contributed by atoms with E-state index in [9.17, 15) is 28.8 Å². The summed E-state index contributed by atoms with van der Waals surface area (Å²) in [7, 11) is 0. The molecule has 0 N–H and O–H groups in total. The minimum absolute atomic E-state index is 0.211. The van der Waals surface area contributed by atoms with E-state index in [0.29, 0.717) is 0 Å². The van der Waals surface area contributed by atoms with Crippen molar-refractivity contribution in [1.29, 1.82) is 0 Å². The van der Waals surface area contributed by atoms with E-state index >= 15 is 0 Å². The first-order chi connectivity index (χ1) is 13.9. The summed E-state index contributed by atoms with van der Waals surface area (Å²) >= 11 is 33.4. The molecule has 0 aliphatic carbocycles. The van der Waals surface area contributed by atoms with E-state index < -0.39 is 64.8 Å². The van der Waals surface area contributed by atoms with E-state index in [0.717, 1.165) is 0 Å². The minimum atomic E-state index is -1.45. The summed E-state index contributed by atoms with van der Waals surface area (Å²) in [5.74, 6) is 0. The first-order valence-electron chi connectivity index (χ1n) is 7.44. The molecule has 0 unspecified atom stereocenters. The number of carbonyl (C=O) groups excluding carboxylic acids is 6. The summed E-state index contributed by atoms with van der Waals surface area (Å²) in [5, 5.41) is -8.08. The highest BCUT2D eigenvalue weighted by atomic mass is 35.5. The topological polar surface area (TPSA) is 102 Å². The average molecular weight is 529 g/mol. The summed E-state index contributed by atoms with van der Waals surface area (Å²) in [6, 6.07) is 5.24. The molecule has 0 fully saturated rings. The molecule has 0 aliphatic rings. The maximum atomic E-state index is 12.3.